The van der Waals surface area contributed by atoms with Gasteiger partial charge in [-0.3, -0.25) is 28.8 Å². The van der Waals surface area contributed by atoms with Crippen molar-refractivity contribution in [1.29, 1.82) is 0 Å². The molecule has 1 N–H and O–H groups in total. The van der Waals surface area contributed by atoms with Crippen molar-refractivity contribution in [2.24, 2.45) is 16.7 Å². The van der Waals surface area contributed by atoms with Gasteiger partial charge in [0, 0.05) is 54.4 Å². The zero-order chi connectivity index (χ0) is 34.7. The minimum Gasteiger partial charge on any atom is -0.462 e. The molecule has 0 bridgehead atoms. The van der Waals surface area contributed by atoms with E-state index in [-0.39, 0.29) is 25.0 Å². The Morgan fingerprint density at radius 3 is 1.74 bits per heavy atom. The summed E-state index contributed by atoms with van der Waals surface area (Å²) in [7, 11) is 0. The van der Waals surface area contributed by atoms with Gasteiger partial charge in [-0.2, -0.15) is 0 Å². The quantitative estimate of drug-likeness (QED) is 0.238. The number of hydrogen-bond donors (Lipinski definition) is 1. The van der Waals surface area contributed by atoms with Crippen LogP contribution >= 0.6 is 0 Å². The molecule has 0 radical (unpaired) electrons. The van der Waals surface area contributed by atoms with Gasteiger partial charge in [0.15, 0.2) is 17.8 Å². The van der Waals surface area contributed by atoms with Crippen molar-refractivity contribution in [3.63, 3.8) is 0 Å². The molecule has 256 valence electrons. The van der Waals surface area contributed by atoms with E-state index in [2.05, 4.69) is 0 Å². The highest BCUT2D eigenvalue weighted by Gasteiger charge is 2.80. The average molecular weight is 653 g/mol. The van der Waals surface area contributed by atoms with Crippen molar-refractivity contribution in [2.75, 3.05) is 6.61 Å². The fourth-order valence-corrected chi connectivity index (χ4v) is 8.71. The lowest BCUT2D eigenvalue weighted by Gasteiger charge is -2.65. The zero-order valence-corrected chi connectivity index (χ0v) is 27.9. The van der Waals surface area contributed by atoms with E-state index >= 15 is 0 Å². The Hall–Kier alpha value is -3.52. The van der Waals surface area contributed by atoms with Gasteiger partial charge in [-0.25, -0.2) is 0 Å². The topological polar surface area (TPSA) is 187 Å². The highest BCUT2D eigenvalue weighted by atomic mass is 16.6. The number of aliphatic hydroxyl groups is 1. The van der Waals surface area contributed by atoms with Crippen LogP contribution in [0.25, 0.3) is 0 Å². The monoisotopic (exact) mass is 652 g/mol. The highest BCUT2D eigenvalue weighted by Crippen LogP contribution is 2.69. The van der Waals surface area contributed by atoms with Crippen LogP contribution in [0, 0.1) is 16.7 Å². The Bertz CT molecular complexity index is 1360. The molecule has 1 saturated heterocycles. The van der Waals surface area contributed by atoms with Crippen molar-refractivity contribution >= 4 is 35.8 Å². The first kappa shape index (κ1) is 35.3. The van der Waals surface area contributed by atoms with E-state index in [1.807, 2.05) is 0 Å². The van der Waals surface area contributed by atoms with Gasteiger partial charge in [-0.05, 0) is 31.9 Å². The number of carbonyl (C=O) groups excluding carboxylic acids is 6. The SMILES string of the molecule is CC(=O)O[C@H]1C[C@]2(C(C)(C)O)C(=C1C)[C@@H](OC(C)=O)[C@H](OC(C)=O)[C@]1(C)[C@@H](OC(C)=O)C[C@H]3OC[C@@]3(OC(C)=O)[C@H]1[C@@H]2OC(C)=O. The highest BCUT2D eigenvalue weighted by molar-refractivity contribution is 5.71. The van der Waals surface area contributed by atoms with Crippen LogP contribution in [0.3, 0.4) is 0 Å². The summed E-state index contributed by atoms with van der Waals surface area (Å²) in [5.74, 6) is -5.59. The largest absolute Gasteiger partial charge is 0.462 e. The van der Waals surface area contributed by atoms with Gasteiger partial charge >= 0.3 is 35.8 Å². The first-order valence-corrected chi connectivity index (χ1v) is 15.2. The summed E-state index contributed by atoms with van der Waals surface area (Å²) in [5.41, 5.74) is -6.18. The molecular weight excluding hydrogens is 608 g/mol. The fraction of sp³-hybridized carbons (Fsp3) is 0.750. The van der Waals surface area contributed by atoms with E-state index in [9.17, 15) is 33.9 Å². The number of rotatable bonds is 7. The Balaban J connectivity index is 2.25. The van der Waals surface area contributed by atoms with Crippen molar-refractivity contribution in [3.8, 4) is 0 Å². The van der Waals surface area contributed by atoms with Gasteiger partial charge < -0.3 is 38.3 Å². The van der Waals surface area contributed by atoms with Gasteiger partial charge in [0.05, 0.1) is 29.0 Å². The molecule has 0 aromatic carbocycles. The first-order chi connectivity index (χ1) is 21.1. The van der Waals surface area contributed by atoms with Gasteiger partial charge in [0.2, 0.25) is 0 Å². The van der Waals surface area contributed by atoms with Crippen LogP contribution in [0.1, 0.15) is 82.1 Å². The molecule has 14 heteroatoms. The number of fused-ring (bicyclic) bond motifs is 4. The van der Waals surface area contributed by atoms with Crippen LogP contribution in [0.2, 0.25) is 0 Å². The number of esters is 6. The summed E-state index contributed by atoms with van der Waals surface area (Å²) in [6, 6.07) is 0. The first-order valence-electron chi connectivity index (χ1n) is 15.2. The summed E-state index contributed by atoms with van der Waals surface area (Å²) in [6.45, 7) is 13.1. The molecule has 4 aliphatic rings. The predicted octanol–water partition coefficient (Wildman–Crippen LogP) is 1.86. The number of carbonyl (C=O) groups is 6. The Kier molecular flexibility index (Phi) is 9.16. The van der Waals surface area contributed by atoms with Crippen LogP contribution in [0.15, 0.2) is 11.1 Å². The minimum absolute atomic E-state index is 0.0270. The normalized spacial score (nSPS) is 38.0. The van der Waals surface area contributed by atoms with E-state index in [0.717, 1.165) is 13.8 Å². The van der Waals surface area contributed by atoms with Crippen molar-refractivity contribution in [1.82, 2.24) is 0 Å². The van der Waals surface area contributed by atoms with Crippen molar-refractivity contribution < 1.29 is 67.0 Å². The summed E-state index contributed by atoms with van der Waals surface area (Å²) in [4.78, 5) is 76.7. The molecule has 3 aliphatic carbocycles. The van der Waals surface area contributed by atoms with Gasteiger partial charge in [0.25, 0.3) is 0 Å². The number of hydrogen-bond acceptors (Lipinski definition) is 14. The molecule has 2 saturated carbocycles. The zero-order valence-electron chi connectivity index (χ0n) is 27.9. The third-order valence-electron chi connectivity index (χ3n) is 10.2. The summed E-state index contributed by atoms with van der Waals surface area (Å²) < 4.78 is 41.9. The molecule has 46 heavy (non-hydrogen) atoms. The lowest BCUT2D eigenvalue weighted by Crippen LogP contribution is -2.79. The molecule has 14 nitrogen and oxygen atoms in total. The Labute approximate surface area is 267 Å². The van der Waals surface area contributed by atoms with E-state index in [0.29, 0.717) is 5.57 Å². The van der Waals surface area contributed by atoms with Crippen LogP contribution < -0.4 is 0 Å². The minimum atomic E-state index is -1.84. The second-order valence-corrected chi connectivity index (χ2v) is 13.5. The molecule has 1 heterocycles. The van der Waals surface area contributed by atoms with Crippen LogP contribution in [-0.2, 0) is 61.9 Å². The maximum absolute atomic E-state index is 13.1. The number of ether oxygens (including phenoxy) is 7. The van der Waals surface area contributed by atoms with E-state index in [1.54, 1.807) is 13.8 Å². The summed E-state index contributed by atoms with van der Waals surface area (Å²) in [5, 5.41) is 12.3. The second kappa shape index (κ2) is 11.9. The Morgan fingerprint density at radius 1 is 0.783 bits per heavy atom. The third-order valence-corrected chi connectivity index (χ3v) is 10.2. The predicted molar refractivity (Wildman–Crippen MR) is 154 cm³/mol. The lowest BCUT2D eigenvalue weighted by atomic mass is 9.49. The second-order valence-electron chi connectivity index (χ2n) is 13.5. The molecule has 0 aromatic heterocycles. The molecule has 10 atom stereocenters. The molecule has 0 spiro atoms. The van der Waals surface area contributed by atoms with Crippen molar-refractivity contribution in [3.05, 3.63) is 11.1 Å². The smallest absolute Gasteiger partial charge is 0.303 e. The van der Waals surface area contributed by atoms with Crippen LogP contribution in [-0.4, -0.2) is 95.4 Å². The van der Waals surface area contributed by atoms with Gasteiger partial charge in [0.1, 0.15) is 24.4 Å². The standard InChI is InChI=1S/C32H44O14/c1-14-21(41-15(2)33)12-31(29(8,9)39)24(14)25(43-17(4)35)27(44-18(5)36)30(10)22(42-16(3)34)11-23-32(13-40-23,46-20(7)38)26(30)28(31)45-19(6)37/h21-23,25-28,39H,11-13H2,1-10H3/t21-,22-,23+,25+,26-,27-,28-,30+,31-,32-/m0/s1. The maximum atomic E-state index is 13.1. The van der Waals surface area contributed by atoms with E-state index in [1.165, 1.54) is 41.5 Å². The van der Waals surface area contributed by atoms with Crippen LogP contribution in [0.5, 0.6) is 0 Å². The van der Waals surface area contributed by atoms with E-state index < -0.39 is 100 Å². The molecule has 0 aromatic rings. The molecular formula is C32H44O14. The summed E-state index contributed by atoms with van der Waals surface area (Å²) in [6.07, 6.45) is -7.59. The van der Waals surface area contributed by atoms with Crippen LogP contribution in [0.4, 0.5) is 0 Å². The maximum Gasteiger partial charge on any atom is 0.303 e. The van der Waals surface area contributed by atoms with Crippen molar-refractivity contribution in [2.45, 2.75) is 130 Å². The molecule has 0 amide bonds. The molecule has 3 fully saturated rings. The molecule has 4 rings (SSSR count). The van der Waals surface area contributed by atoms with Gasteiger partial charge in [-0.15, -0.1) is 0 Å². The molecule has 0 unspecified atom stereocenters. The third kappa shape index (κ3) is 5.46. The summed E-state index contributed by atoms with van der Waals surface area (Å²) >= 11 is 0. The van der Waals surface area contributed by atoms with Gasteiger partial charge in [-0.1, -0.05) is 6.92 Å². The average Bonchev–Trinajstić information content (AvgIpc) is 3.13. The molecule has 1 aliphatic heterocycles. The Morgan fingerprint density at radius 2 is 1.30 bits per heavy atom. The van der Waals surface area contributed by atoms with E-state index in [4.69, 9.17) is 33.2 Å². The lowest BCUT2D eigenvalue weighted by molar-refractivity contribution is -0.353. The fourth-order valence-electron chi connectivity index (χ4n) is 8.71.